The van der Waals surface area contributed by atoms with Gasteiger partial charge in [0.05, 0.1) is 4.90 Å². The SMILES string of the molecule is CC(=O)N1CCc2ccc(S(=O)(=O)N[C@@H](C)CCN(C)C)cc21. The Labute approximate surface area is 138 Å². The van der Waals surface area contributed by atoms with E-state index in [1.165, 1.54) is 6.92 Å². The Kier molecular flexibility index (Phi) is 5.44. The number of benzene rings is 1. The van der Waals surface area contributed by atoms with E-state index in [2.05, 4.69) is 4.72 Å². The first-order chi connectivity index (χ1) is 10.7. The predicted molar refractivity (Wildman–Crippen MR) is 91.1 cm³/mol. The highest BCUT2D eigenvalue weighted by atomic mass is 32.2. The zero-order valence-electron chi connectivity index (χ0n) is 14.2. The second-order valence-corrected chi connectivity index (χ2v) is 8.04. The van der Waals surface area contributed by atoms with Gasteiger partial charge in [0, 0.05) is 25.2 Å². The van der Waals surface area contributed by atoms with Gasteiger partial charge in [0.1, 0.15) is 0 Å². The summed E-state index contributed by atoms with van der Waals surface area (Å²) < 4.78 is 27.8. The molecule has 6 nitrogen and oxygen atoms in total. The molecular formula is C16H25N3O3S. The van der Waals surface area contributed by atoms with Gasteiger partial charge in [-0.2, -0.15) is 0 Å². The maximum absolute atomic E-state index is 12.5. The number of sulfonamides is 1. The van der Waals surface area contributed by atoms with E-state index in [0.29, 0.717) is 12.2 Å². The van der Waals surface area contributed by atoms with Crippen LogP contribution in [0, 0.1) is 0 Å². The first-order valence-electron chi connectivity index (χ1n) is 7.79. The summed E-state index contributed by atoms with van der Waals surface area (Å²) in [5.41, 5.74) is 1.72. The van der Waals surface area contributed by atoms with Gasteiger partial charge in [0.25, 0.3) is 0 Å². The summed E-state index contributed by atoms with van der Waals surface area (Å²) in [6, 6.07) is 4.87. The fourth-order valence-electron chi connectivity index (χ4n) is 2.70. The molecule has 0 radical (unpaired) electrons. The van der Waals surface area contributed by atoms with Gasteiger partial charge in [0.15, 0.2) is 0 Å². The Morgan fingerprint density at radius 1 is 1.39 bits per heavy atom. The van der Waals surface area contributed by atoms with E-state index < -0.39 is 10.0 Å². The van der Waals surface area contributed by atoms with E-state index in [-0.39, 0.29) is 16.8 Å². The van der Waals surface area contributed by atoms with E-state index in [1.54, 1.807) is 23.1 Å². The number of nitrogens with zero attached hydrogens (tertiary/aromatic N) is 2. The second-order valence-electron chi connectivity index (χ2n) is 6.33. The summed E-state index contributed by atoms with van der Waals surface area (Å²) >= 11 is 0. The Bertz CT molecular complexity index is 686. The van der Waals surface area contributed by atoms with Crippen molar-refractivity contribution in [3.8, 4) is 0 Å². The molecule has 0 aliphatic carbocycles. The molecule has 0 spiro atoms. The van der Waals surface area contributed by atoms with Crippen molar-refractivity contribution in [2.24, 2.45) is 0 Å². The van der Waals surface area contributed by atoms with Gasteiger partial charge >= 0.3 is 0 Å². The van der Waals surface area contributed by atoms with Crippen molar-refractivity contribution in [1.82, 2.24) is 9.62 Å². The van der Waals surface area contributed by atoms with Crippen molar-refractivity contribution in [1.29, 1.82) is 0 Å². The van der Waals surface area contributed by atoms with Crippen LogP contribution in [0.1, 0.15) is 25.8 Å². The van der Waals surface area contributed by atoms with Gasteiger partial charge in [-0.05, 0) is 58.1 Å². The molecular weight excluding hydrogens is 314 g/mol. The Morgan fingerprint density at radius 3 is 2.70 bits per heavy atom. The van der Waals surface area contributed by atoms with E-state index in [9.17, 15) is 13.2 Å². The molecule has 1 aliphatic rings. The van der Waals surface area contributed by atoms with Crippen molar-refractivity contribution in [3.63, 3.8) is 0 Å². The first kappa shape index (κ1) is 17.9. The van der Waals surface area contributed by atoms with Crippen LogP contribution in [-0.4, -0.2) is 52.5 Å². The highest BCUT2D eigenvalue weighted by Gasteiger charge is 2.25. The fourth-order valence-corrected chi connectivity index (χ4v) is 3.99. The van der Waals surface area contributed by atoms with Gasteiger partial charge in [-0.1, -0.05) is 6.07 Å². The van der Waals surface area contributed by atoms with Crippen LogP contribution in [-0.2, 0) is 21.2 Å². The van der Waals surface area contributed by atoms with Crippen molar-refractivity contribution in [2.45, 2.75) is 37.6 Å². The molecule has 0 unspecified atom stereocenters. The van der Waals surface area contributed by atoms with E-state index in [1.807, 2.05) is 25.9 Å². The van der Waals surface area contributed by atoms with Gasteiger partial charge in [-0.15, -0.1) is 0 Å². The Hall–Kier alpha value is -1.44. The van der Waals surface area contributed by atoms with Crippen LogP contribution in [0.25, 0.3) is 0 Å². The highest BCUT2D eigenvalue weighted by molar-refractivity contribution is 7.89. The largest absolute Gasteiger partial charge is 0.312 e. The third-order valence-electron chi connectivity index (χ3n) is 4.01. The van der Waals surface area contributed by atoms with Crippen LogP contribution in [0.2, 0.25) is 0 Å². The van der Waals surface area contributed by atoms with Gasteiger partial charge in [-0.25, -0.2) is 13.1 Å². The molecule has 1 aromatic carbocycles. The third kappa shape index (κ3) is 4.31. The number of carbonyl (C=O) groups excluding carboxylic acids is 1. The molecule has 1 N–H and O–H groups in total. The van der Waals surface area contributed by atoms with Gasteiger partial charge in [-0.3, -0.25) is 4.79 Å². The standard InChI is InChI=1S/C16H25N3O3S/c1-12(7-9-18(3)4)17-23(21,22)15-6-5-14-8-10-19(13(2)20)16(14)11-15/h5-6,11-12,17H,7-10H2,1-4H3/t12-/m0/s1. The quantitative estimate of drug-likeness (QED) is 0.846. The number of carbonyl (C=O) groups is 1. The lowest BCUT2D eigenvalue weighted by Crippen LogP contribution is -2.35. The molecule has 128 valence electrons. The lowest BCUT2D eigenvalue weighted by Gasteiger charge is -2.18. The average Bonchev–Trinajstić information content (AvgIpc) is 2.87. The zero-order valence-corrected chi connectivity index (χ0v) is 15.0. The third-order valence-corrected chi connectivity index (χ3v) is 5.60. The number of anilines is 1. The smallest absolute Gasteiger partial charge is 0.240 e. The Morgan fingerprint density at radius 2 is 2.09 bits per heavy atom. The molecule has 0 aromatic heterocycles. The maximum atomic E-state index is 12.5. The molecule has 2 rings (SSSR count). The summed E-state index contributed by atoms with van der Waals surface area (Å²) in [5.74, 6) is -0.0643. The van der Waals surface area contributed by atoms with Crippen molar-refractivity contribution in [2.75, 3.05) is 32.1 Å². The highest BCUT2D eigenvalue weighted by Crippen LogP contribution is 2.30. The number of fused-ring (bicyclic) bond motifs is 1. The van der Waals surface area contributed by atoms with Crippen molar-refractivity contribution in [3.05, 3.63) is 23.8 Å². The maximum Gasteiger partial charge on any atom is 0.240 e. The molecule has 1 aliphatic heterocycles. The molecule has 1 heterocycles. The second kappa shape index (κ2) is 6.98. The predicted octanol–water partition coefficient (Wildman–Crippen LogP) is 1.21. The van der Waals surface area contributed by atoms with Crippen molar-refractivity contribution < 1.29 is 13.2 Å². The molecule has 23 heavy (non-hydrogen) atoms. The fraction of sp³-hybridized carbons (Fsp3) is 0.562. The minimum absolute atomic E-state index is 0.0643. The summed E-state index contributed by atoms with van der Waals surface area (Å²) in [7, 11) is 0.328. The molecule has 1 amide bonds. The Balaban J connectivity index is 2.18. The average molecular weight is 339 g/mol. The van der Waals surface area contributed by atoms with E-state index in [4.69, 9.17) is 0 Å². The van der Waals surface area contributed by atoms with Crippen molar-refractivity contribution >= 4 is 21.6 Å². The van der Waals surface area contributed by atoms with Crippen LogP contribution in [0.3, 0.4) is 0 Å². The summed E-state index contributed by atoms with van der Waals surface area (Å²) in [6.07, 6.45) is 1.50. The van der Waals surface area contributed by atoms with E-state index >= 15 is 0 Å². The summed E-state index contributed by atoms with van der Waals surface area (Å²) in [4.78, 5) is 15.5. The van der Waals surface area contributed by atoms with Crippen LogP contribution in [0.5, 0.6) is 0 Å². The minimum atomic E-state index is -3.58. The molecule has 0 bridgehead atoms. The van der Waals surface area contributed by atoms with Crippen LogP contribution < -0.4 is 9.62 Å². The first-order valence-corrected chi connectivity index (χ1v) is 9.27. The number of hydrogen-bond donors (Lipinski definition) is 1. The summed E-state index contributed by atoms with van der Waals surface area (Å²) in [6.45, 7) is 4.78. The molecule has 7 heteroatoms. The van der Waals surface area contributed by atoms with Crippen LogP contribution in [0.4, 0.5) is 5.69 Å². The lowest BCUT2D eigenvalue weighted by molar-refractivity contribution is -0.116. The normalized spacial score (nSPS) is 15.8. The summed E-state index contributed by atoms with van der Waals surface area (Å²) in [5, 5.41) is 0. The van der Waals surface area contributed by atoms with E-state index in [0.717, 1.165) is 24.9 Å². The zero-order chi connectivity index (χ0) is 17.2. The number of nitrogens with one attached hydrogen (secondary N) is 1. The molecule has 1 atom stereocenters. The number of hydrogen-bond acceptors (Lipinski definition) is 4. The molecule has 0 saturated carbocycles. The monoisotopic (exact) mass is 339 g/mol. The molecule has 0 saturated heterocycles. The molecule has 0 fully saturated rings. The minimum Gasteiger partial charge on any atom is -0.312 e. The number of amides is 1. The van der Waals surface area contributed by atoms with Crippen LogP contribution in [0.15, 0.2) is 23.1 Å². The number of rotatable bonds is 6. The topological polar surface area (TPSA) is 69.7 Å². The van der Waals surface area contributed by atoms with Crippen LogP contribution >= 0.6 is 0 Å². The lowest BCUT2D eigenvalue weighted by atomic mass is 10.2. The van der Waals surface area contributed by atoms with Gasteiger partial charge in [0.2, 0.25) is 15.9 Å². The molecule has 1 aromatic rings. The van der Waals surface area contributed by atoms with Gasteiger partial charge < -0.3 is 9.80 Å².